The molecule has 1 aromatic heterocycles. The molecule has 2 aromatic carbocycles. The van der Waals surface area contributed by atoms with E-state index in [-0.39, 0.29) is 17.3 Å². The number of nitrogens with one attached hydrogen (secondary N) is 1. The maximum Gasteiger partial charge on any atom is 0.387 e. The molecule has 7 nitrogen and oxygen atoms in total. The fraction of sp³-hybridized carbons (Fsp3) is 0.375. The number of hydrogen-bond donors (Lipinski definition) is 1. The van der Waals surface area contributed by atoms with Gasteiger partial charge in [0, 0.05) is 30.9 Å². The van der Waals surface area contributed by atoms with E-state index in [1.807, 2.05) is 23.6 Å². The lowest BCUT2D eigenvalue weighted by molar-refractivity contribution is -0.115. The van der Waals surface area contributed by atoms with Crippen molar-refractivity contribution in [2.75, 3.05) is 23.3 Å². The van der Waals surface area contributed by atoms with Crippen molar-refractivity contribution >= 4 is 29.0 Å². The van der Waals surface area contributed by atoms with Crippen LogP contribution in [0.2, 0.25) is 0 Å². The van der Waals surface area contributed by atoms with E-state index < -0.39 is 11.9 Å². The van der Waals surface area contributed by atoms with E-state index in [1.54, 1.807) is 19.1 Å². The van der Waals surface area contributed by atoms with Crippen molar-refractivity contribution < 1.29 is 18.3 Å². The second kappa shape index (κ2) is 11.8. The lowest BCUT2D eigenvalue weighted by Crippen LogP contribution is -2.23. The number of aromatic nitrogens is 3. The van der Waals surface area contributed by atoms with Gasteiger partial charge in [-0.15, -0.1) is 10.2 Å². The van der Waals surface area contributed by atoms with Gasteiger partial charge in [0.05, 0.1) is 10.9 Å². The van der Waals surface area contributed by atoms with Gasteiger partial charge in [0.25, 0.3) is 0 Å². The summed E-state index contributed by atoms with van der Waals surface area (Å²) in [5, 5.41) is 11.4. The Kier molecular flexibility index (Phi) is 8.86. The summed E-state index contributed by atoms with van der Waals surface area (Å²) < 4.78 is 31.7. The number of rotatable bonds is 11. The van der Waals surface area contributed by atoms with E-state index in [9.17, 15) is 13.6 Å². The Morgan fingerprint density at radius 3 is 2.38 bits per heavy atom. The van der Waals surface area contributed by atoms with Crippen LogP contribution in [0.25, 0.3) is 11.4 Å². The summed E-state index contributed by atoms with van der Waals surface area (Å²) in [6, 6.07) is 14.3. The van der Waals surface area contributed by atoms with E-state index in [2.05, 4.69) is 51.1 Å². The summed E-state index contributed by atoms with van der Waals surface area (Å²) in [6.07, 6.45) is 0. The van der Waals surface area contributed by atoms with Gasteiger partial charge in [-0.2, -0.15) is 8.78 Å². The number of carbonyl (C=O) groups excluding carboxylic acids is 1. The van der Waals surface area contributed by atoms with E-state index >= 15 is 0 Å². The number of ether oxygens (including phenoxy) is 1. The number of benzene rings is 2. The molecule has 34 heavy (non-hydrogen) atoms. The van der Waals surface area contributed by atoms with Crippen LogP contribution >= 0.6 is 11.8 Å². The maximum atomic E-state index is 12.8. The topological polar surface area (TPSA) is 72.3 Å². The number of thioether (sulfide) groups is 1. The normalized spacial score (nSPS) is 12.0. The van der Waals surface area contributed by atoms with Crippen LogP contribution in [0.4, 0.5) is 20.2 Å². The van der Waals surface area contributed by atoms with Gasteiger partial charge in [0.15, 0.2) is 11.0 Å². The molecule has 0 bridgehead atoms. The molecule has 1 unspecified atom stereocenters. The molecule has 0 aliphatic carbocycles. The molecular formula is C24H29F2N5O2S. The monoisotopic (exact) mass is 489 g/mol. The highest BCUT2D eigenvalue weighted by Crippen LogP contribution is 2.30. The van der Waals surface area contributed by atoms with Crippen LogP contribution in [-0.2, 0) is 11.3 Å². The predicted molar refractivity (Wildman–Crippen MR) is 132 cm³/mol. The first-order chi connectivity index (χ1) is 16.4. The molecule has 0 radical (unpaired) electrons. The highest BCUT2D eigenvalue weighted by molar-refractivity contribution is 8.00. The van der Waals surface area contributed by atoms with E-state index in [1.165, 1.54) is 23.9 Å². The number of carbonyl (C=O) groups is 1. The zero-order chi connectivity index (χ0) is 24.7. The van der Waals surface area contributed by atoms with Gasteiger partial charge in [-0.3, -0.25) is 4.79 Å². The predicted octanol–water partition coefficient (Wildman–Crippen LogP) is 5.53. The zero-order valence-electron chi connectivity index (χ0n) is 19.7. The number of hydrogen-bond acceptors (Lipinski definition) is 6. The molecule has 182 valence electrons. The third-order valence-electron chi connectivity index (χ3n) is 5.30. The van der Waals surface area contributed by atoms with E-state index in [0.717, 1.165) is 30.2 Å². The molecule has 3 aromatic rings. The number of halogens is 2. The van der Waals surface area contributed by atoms with Crippen LogP contribution in [0, 0.1) is 0 Å². The number of para-hydroxylation sites is 2. The van der Waals surface area contributed by atoms with Gasteiger partial charge in [0.2, 0.25) is 5.91 Å². The van der Waals surface area contributed by atoms with Crippen molar-refractivity contribution in [1.82, 2.24) is 14.8 Å². The smallest absolute Gasteiger partial charge is 0.387 e. The SMILES string of the molecule is CCN(CC)c1ccc(-c2nnc(SC(C)C(=O)Nc3ccccc3OC(F)F)n2CC)cc1. The Labute approximate surface area is 202 Å². The van der Waals surface area contributed by atoms with Crippen molar-refractivity contribution in [3.63, 3.8) is 0 Å². The average molecular weight is 490 g/mol. The third kappa shape index (κ3) is 6.05. The van der Waals surface area contributed by atoms with Crippen LogP contribution < -0.4 is 15.0 Å². The summed E-state index contributed by atoms with van der Waals surface area (Å²) in [7, 11) is 0. The van der Waals surface area contributed by atoms with E-state index in [0.29, 0.717) is 11.7 Å². The second-order valence-corrected chi connectivity index (χ2v) is 8.70. The Morgan fingerprint density at radius 2 is 1.76 bits per heavy atom. The summed E-state index contributed by atoms with van der Waals surface area (Å²) >= 11 is 1.25. The molecule has 0 spiro atoms. The Balaban J connectivity index is 1.74. The van der Waals surface area contributed by atoms with Gasteiger partial charge < -0.3 is 19.5 Å². The van der Waals surface area contributed by atoms with Gasteiger partial charge in [-0.25, -0.2) is 0 Å². The molecule has 10 heteroatoms. The lowest BCUT2D eigenvalue weighted by atomic mass is 10.2. The third-order valence-corrected chi connectivity index (χ3v) is 6.38. The van der Waals surface area contributed by atoms with Gasteiger partial charge >= 0.3 is 6.61 Å². The zero-order valence-corrected chi connectivity index (χ0v) is 20.5. The van der Waals surface area contributed by atoms with Gasteiger partial charge in [-0.1, -0.05) is 23.9 Å². The number of nitrogens with zero attached hydrogens (tertiary/aromatic N) is 4. The molecule has 1 atom stereocenters. The van der Waals surface area contributed by atoms with Crippen molar-refractivity contribution in [3.8, 4) is 17.1 Å². The first-order valence-corrected chi connectivity index (χ1v) is 12.1. The molecule has 1 N–H and O–H groups in total. The fourth-order valence-electron chi connectivity index (χ4n) is 3.50. The van der Waals surface area contributed by atoms with Crippen molar-refractivity contribution in [2.45, 2.75) is 51.3 Å². The van der Waals surface area contributed by atoms with Crippen molar-refractivity contribution in [2.24, 2.45) is 0 Å². The van der Waals surface area contributed by atoms with Crippen LogP contribution in [0.1, 0.15) is 27.7 Å². The first kappa shape index (κ1) is 25.5. The summed E-state index contributed by atoms with van der Waals surface area (Å²) in [4.78, 5) is 15.0. The molecule has 0 aliphatic rings. The Hall–Kier alpha value is -3.14. The highest BCUT2D eigenvalue weighted by Gasteiger charge is 2.22. The van der Waals surface area contributed by atoms with Crippen LogP contribution in [0.15, 0.2) is 53.7 Å². The minimum atomic E-state index is -2.98. The maximum absolute atomic E-state index is 12.8. The summed E-state index contributed by atoms with van der Waals surface area (Å²) in [5.74, 6) is 0.278. The Morgan fingerprint density at radius 1 is 1.09 bits per heavy atom. The molecule has 0 aliphatic heterocycles. The highest BCUT2D eigenvalue weighted by atomic mass is 32.2. The number of anilines is 2. The number of alkyl halides is 2. The van der Waals surface area contributed by atoms with Gasteiger partial charge in [0.1, 0.15) is 5.75 Å². The minimum absolute atomic E-state index is 0.0878. The summed E-state index contributed by atoms with van der Waals surface area (Å²) in [5.41, 5.74) is 2.27. The molecule has 1 heterocycles. The minimum Gasteiger partial charge on any atom is -0.433 e. The van der Waals surface area contributed by atoms with Crippen LogP contribution in [0.3, 0.4) is 0 Å². The molecule has 1 amide bonds. The molecule has 0 saturated carbocycles. The number of amides is 1. The molecule has 3 rings (SSSR count). The van der Waals surface area contributed by atoms with Crippen LogP contribution in [0.5, 0.6) is 5.75 Å². The van der Waals surface area contributed by atoms with Crippen molar-refractivity contribution in [3.05, 3.63) is 48.5 Å². The standard InChI is InChI=1S/C24H29F2N5O2S/c1-5-30(6-2)18-14-12-17(13-15-18)21-28-29-24(31(21)7-3)34-16(4)22(32)27-19-10-8-9-11-20(19)33-23(25)26/h8-16,23H,5-7H2,1-4H3,(H,27,32). The lowest BCUT2D eigenvalue weighted by Gasteiger charge is -2.21. The quantitative estimate of drug-likeness (QED) is 0.357. The summed E-state index contributed by atoms with van der Waals surface area (Å²) in [6.45, 7) is 7.47. The molecule has 0 saturated heterocycles. The molecule has 0 fully saturated rings. The average Bonchev–Trinajstić information content (AvgIpc) is 3.23. The molecular weight excluding hydrogens is 460 g/mol. The second-order valence-electron chi connectivity index (χ2n) is 7.39. The first-order valence-electron chi connectivity index (χ1n) is 11.2. The van der Waals surface area contributed by atoms with Crippen LogP contribution in [-0.4, -0.2) is 45.6 Å². The van der Waals surface area contributed by atoms with E-state index in [4.69, 9.17) is 0 Å². The van der Waals surface area contributed by atoms with Crippen molar-refractivity contribution in [1.29, 1.82) is 0 Å². The largest absolute Gasteiger partial charge is 0.433 e. The Bertz CT molecular complexity index is 1090. The fourth-order valence-corrected chi connectivity index (χ4v) is 4.41. The van der Waals surface area contributed by atoms with Gasteiger partial charge in [-0.05, 0) is 64.1 Å².